The second-order valence-corrected chi connectivity index (χ2v) is 12.0. The Morgan fingerprint density at radius 2 is 2.05 bits per heavy atom. The minimum absolute atomic E-state index is 0.0409. The van der Waals surface area contributed by atoms with Crippen LogP contribution in [0, 0.1) is 0 Å². The van der Waals surface area contributed by atoms with Crippen LogP contribution in [0.4, 0.5) is 5.13 Å². The van der Waals surface area contributed by atoms with Gasteiger partial charge in [-0.05, 0) is 25.9 Å². The van der Waals surface area contributed by atoms with Crippen LogP contribution in [-0.4, -0.2) is 103 Å². The van der Waals surface area contributed by atoms with E-state index in [9.17, 15) is 32.5 Å². The van der Waals surface area contributed by atoms with Crippen molar-refractivity contribution in [1.29, 1.82) is 0 Å². The smallest absolute Gasteiger partial charge is 0.362 e. The van der Waals surface area contributed by atoms with Gasteiger partial charge in [-0.25, -0.2) is 14.1 Å². The summed E-state index contributed by atoms with van der Waals surface area (Å²) in [6.45, 7) is 1.96. The molecule has 18 nitrogen and oxygen atoms in total. The summed E-state index contributed by atoms with van der Waals surface area (Å²) in [5.74, 6) is -3.36. The zero-order chi connectivity index (χ0) is 29.4. The molecule has 0 radical (unpaired) electrons. The lowest BCUT2D eigenvalue weighted by atomic mass is 9.98. The largest absolute Gasteiger partial charge is 0.478 e. The highest BCUT2D eigenvalue weighted by atomic mass is 32.2. The number of nitrogens with zero attached hydrogens (tertiary/aromatic N) is 6. The third-order valence-electron chi connectivity index (χ3n) is 6.93. The maximum Gasteiger partial charge on any atom is 0.362 e. The lowest BCUT2D eigenvalue weighted by Gasteiger charge is -2.43. The van der Waals surface area contributed by atoms with Gasteiger partial charge in [-0.2, -0.15) is 23.4 Å². The van der Waals surface area contributed by atoms with Crippen LogP contribution in [-0.2, 0) is 42.6 Å². The molecule has 2 saturated heterocycles. The van der Waals surface area contributed by atoms with E-state index >= 15 is 0 Å². The van der Waals surface area contributed by atoms with E-state index in [0.717, 1.165) is 42.1 Å². The molecule has 0 aromatic carbocycles. The number of oxime groups is 1. The summed E-state index contributed by atoms with van der Waals surface area (Å²) in [4.78, 5) is 47.7. The number of thiazole rings is 1. The number of aliphatic carboxylic acids is 1. The summed E-state index contributed by atoms with van der Waals surface area (Å²) < 4.78 is 33.8. The Labute approximate surface area is 237 Å². The molecule has 2 aliphatic heterocycles. The minimum atomic E-state index is -4.97. The fourth-order valence-corrected chi connectivity index (χ4v) is 5.91. The van der Waals surface area contributed by atoms with Crippen molar-refractivity contribution in [2.75, 3.05) is 18.8 Å². The molecule has 0 spiro atoms. The van der Waals surface area contributed by atoms with E-state index in [-0.39, 0.29) is 34.5 Å². The number of aromatic nitrogens is 4. The van der Waals surface area contributed by atoms with Gasteiger partial charge in [0.25, 0.3) is 11.8 Å². The van der Waals surface area contributed by atoms with Gasteiger partial charge >= 0.3 is 16.3 Å². The molecule has 222 valence electrons. The van der Waals surface area contributed by atoms with Crippen molar-refractivity contribution in [1.82, 2.24) is 40.2 Å². The van der Waals surface area contributed by atoms with E-state index in [2.05, 4.69) is 36.3 Å². The summed E-state index contributed by atoms with van der Waals surface area (Å²) in [6, 6.07) is -2.39. The zero-order valence-corrected chi connectivity index (χ0v) is 23.1. The molecule has 3 fully saturated rings. The summed E-state index contributed by atoms with van der Waals surface area (Å²) in [7, 11) is -4.97. The predicted molar refractivity (Wildman–Crippen MR) is 141 cm³/mol. The quantitative estimate of drug-likeness (QED) is 0.0637. The number of carboxylic acids is 1. The van der Waals surface area contributed by atoms with Crippen molar-refractivity contribution < 1.29 is 37.3 Å². The Morgan fingerprint density at radius 1 is 1.32 bits per heavy atom. The van der Waals surface area contributed by atoms with Crippen molar-refractivity contribution >= 4 is 50.3 Å². The van der Waals surface area contributed by atoms with Crippen LogP contribution in [0.1, 0.15) is 37.1 Å². The number of carbonyl (C=O) groups is 3. The number of nitrogens with two attached hydrogens (primary N) is 1. The van der Waals surface area contributed by atoms with Crippen LogP contribution in [0.5, 0.6) is 0 Å². The number of amides is 2. The molecule has 1 saturated carbocycles. The Balaban J connectivity index is 1.30. The molecule has 2 atom stereocenters. The molecule has 2 aromatic heterocycles. The SMILES string of the molecule is Nc1nc(C(=NOC2(C(=O)O)CC2)C(=O)N[C@@H]2C(=O)N(S(=O)(=O)O)[C@H]2Cn2ncc(CNC3CCNCC3)n2)cs1. The summed E-state index contributed by atoms with van der Waals surface area (Å²) in [6.07, 6.45) is 3.77. The highest BCUT2D eigenvalue weighted by Crippen LogP contribution is 2.40. The monoisotopic (exact) mass is 612 g/mol. The molecular formula is C21H28N10O8S2. The number of hydrogen-bond acceptors (Lipinski definition) is 14. The van der Waals surface area contributed by atoms with E-state index in [1.165, 1.54) is 11.6 Å². The predicted octanol–water partition coefficient (Wildman–Crippen LogP) is -2.31. The van der Waals surface area contributed by atoms with Gasteiger partial charge < -0.3 is 31.6 Å². The van der Waals surface area contributed by atoms with Crippen LogP contribution >= 0.6 is 11.3 Å². The number of carboxylic acid groups (broad SMARTS) is 1. The number of hydrogen-bond donors (Lipinski definition) is 6. The number of anilines is 1. The molecular weight excluding hydrogens is 584 g/mol. The molecule has 7 N–H and O–H groups in total. The molecule has 4 heterocycles. The average Bonchev–Trinajstić information content (AvgIpc) is 3.39. The Morgan fingerprint density at radius 3 is 2.66 bits per heavy atom. The third kappa shape index (κ3) is 6.30. The number of rotatable bonds is 12. The lowest BCUT2D eigenvalue weighted by Crippen LogP contribution is -2.73. The van der Waals surface area contributed by atoms with Gasteiger partial charge in [-0.3, -0.25) is 14.1 Å². The van der Waals surface area contributed by atoms with Crippen LogP contribution in [0.3, 0.4) is 0 Å². The van der Waals surface area contributed by atoms with E-state index < -0.39 is 51.5 Å². The van der Waals surface area contributed by atoms with Crippen LogP contribution < -0.4 is 21.7 Å². The minimum Gasteiger partial charge on any atom is -0.478 e. The van der Waals surface area contributed by atoms with Crippen molar-refractivity contribution in [2.45, 2.75) is 62.5 Å². The molecule has 2 aromatic rings. The summed E-state index contributed by atoms with van der Waals surface area (Å²) >= 11 is 0.984. The van der Waals surface area contributed by atoms with Crippen molar-refractivity contribution in [3.8, 4) is 0 Å². The van der Waals surface area contributed by atoms with Gasteiger partial charge in [0.15, 0.2) is 10.8 Å². The van der Waals surface area contributed by atoms with Gasteiger partial charge in [0.1, 0.15) is 17.8 Å². The first-order chi connectivity index (χ1) is 19.5. The Hall–Kier alpha value is -3.72. The van der Waals surface area contributed by atoms with Gasteiger partial charge in [0, 0.05) is 30.8 Å². The standard InChI is InChI=1S/C21H28N10O8S2/c22-20-26-13(10-40-20)15(29-39-21(3-4-21)19(34)35)17(32)27-16-14(31(18(16)33)41(36,37)38)9-30-25-8-12(28-30)7-24-11-1-5-23-6-2-11/h8,10-11,14,16,23-24H,1-7,9H2,(H2,22,26)(H,27,32)(H,34,35)(H,36,37,38)/t14-,16-/m0/s1. The molecule has 20 heteroatoms. The average molecular weight is 613 g/mol. The number of nitrogen functional groups attached to an aromatic ring is 1. The van der Waals surface area contributed by atoms with E-state index in [0.29, 0.717) is 18.3 Å². The first-order valence-electron chi connectivity index (χ1n) is 12.6. The third-order valence-corrected chi connectivity index (χ3v) is 8.56. The second-order valence-electron chi connectivity index (χ2n) is 9.83. The summed E-state index contributed by atoms with van der Waals surface area (Å²) in [5, 5.41) is 32.0. The number of piperidine rings is 1. The fraction of sp³-hybridized carbons (Fsp3) is 0.571. The fourth-order valence-electron chi connectivity index (χ4n) is 4.49. The van der Waals surface area contributed by atoms with E-state index in [4.69, 9.17) is 10.6 Å². The van der Waals surface area contributed by atoms with E-state index in [1.807, 2.05) is 0 Å². The highest BCUT2D eigenvalue weighted by molar-refractivity contribution is 7.84. The van der Waals surface area contributed by atoms with Crippen molar-refractivity contribution in [3.63, 3.8) is 0 Å². The van der Waals surface area contributed by atoms with Gasteiger partial charge in [-0.15, -0.1) is 11.3 Å². The maximum atomic E-state index is 13.2. The van der Waals surface area contributed by atoms with Gasteiger partial charge in [0.05, 0.1) is 18.4 Å². The first-order valence-corrected chi connectivity index (χ1v) is 14.9. The molecule has 5 rings (SSSR count). The van der Waals surface area contributed by atoms with E-state index in [1.54, 1.807) is 0 Å². The Bertz CT molecular complexity index is 1460. The number of carbonyl (C=O) groups excluding carboxylic acids is 2. The molecule has 3 aliphatic rings. The molecule has 41 heavy (non-hydrogen) atoms. The summed E-state index contributed by atoms with van der Waals surface area (Å²) in [5.41, 5.74) is 4.16. The lowest BCUT2D eigenvalue weighted by molar-refractivity contribution is -0.153. The number of β-lactam (4-membered cyclic amide) rings is 1. The molecule has 0 unspecified atom stereocenters. The molecule has 1 aliphatic carbocycles. The second kappa shape index (κ2) is 11.3. The van der Waals surface area contributed by atoms with Gasteiger partial charge in [-0.1, -0.05) is 5.16 Å². The number of nitrogens with one attached hydrogen (secondary N) is 3. The first kappa shape index (κ1) is 28.8. The topological polar surface area (TPSA) is 256 Å². The molecule has 2 amide bonds. The zero-order valence-electron chi connectivity index (χ0n) is 21.5. The Kier molecular flexibility index (Phi) is 7.92. The van der Waals surface area contributed by atoms with Crippen molar-refractivity contribution in [3.05, 3.63) is 23.0 Å². The van der Waals surface area contributed by atoms with Crippen molar-refractivity contribution in [2.24, 2.45) is 5.16 Å². The molecule has 0 bridgehead atoms. The van der Waals surface area contributed by atoms with Crippen LogP contribution in [0.2, 0.25) is 0 Å². The van der Waals surface area contributed by atoms with Gasteiger partial charge in [0.2, 0.25) is 5.60 Å². The normalized spacial score (nSPS) is 22.7. The van der Waals surface area contributed by atoms with Crippen LogP contribution in [0.25, 0.3) is 0 Å². The highest BCUT2D eigenvalue weighted by Gasteiger charge is 2.56. The van der Waals surface area contributed by atoms with Crippen LogP contribution in [0.15, 0.2) is 16.7 Å². The maximum absolute atomic E-state index is 13.2.